The topological polar surface area (TPSA) is 66.4 Å². The van der Waals surface area contributed by atoms with E-state index in [1.165, 1.54) is 0 Å². The van der Waals surface area contributed by atoms with Crippen molar-refractivity contribution in [3.05, 3.63) is 28.3 Å². The highest BCUT2D eigenvalue weighted by molar-refractivity contribution is 6.34. The zero-order valence-corrected chi connectivity index (χ0v) is 11.3. The summed E-state index contributed by atoms with van der Waals surface area (Å²) in [5.74, 6) is -2.73. The maximum absolute atomic E-state index is 11.8. The van der Waals surface area contributed by atoms with Crippen LogP contribution in [0.25, 0.3) is 0 Å². The second-order valence-corrected chi connectivity index (χ2v) is 4.63. The van der Waals surface area contributed by atoms with Gasteiger partial charge in [0.2, 0.25) is 5.91 Å². The van der Waals surface area contributed by atoms with E-state index in [9.17, 15) is 9.59 Å². The summed E-state index contributed by atoms with van der Waals surface area (Å²) in [5, 5.41) is 11.9. The fourth-order valence-electron chi connectivity index (χ4n) is 1.76. The van der Waals surface area contributed by atoms with E-state index in [-0.39, 0.29) is 6.42 Å². The molecule has 4 nitrogen and oxygen atoms in total. The molecule has 1 amide bonds. The third-order valence-electron chi connectivity index (χ3n) is 2.70. The lowest BCUT2D eigenvalue weighted by Crippen LogP contribution is -2.29. The Kier molecular flexibility index (Phi) is 4.73. The molecule has 0 aliphatic carbocycles. The molecule has 0 aromatic heterocycles. The monoisotopic (exact) mass is 269 g/mol. The average Bonchev–Trinajstić information content (AvgIpc) is 2.23. The van der Waals surface area contributed by atoms with Crippen LogP contribution in [-0.2, 0) is 9.59 Å². The number of amides is 1. The maximum atomic E-state index is 11.8. The molecule has 1 rings (SSSR count). The summed E-state index contributed by atoms with van der Waals surface area (Å²) in [6.07, 6.45) is 0.240. The smallest absolute Gasteiger partial charge is 0.316 e. The number of anilines is 1. The number of carbonyl (C=O) groups excluding carboxylic acids is 1. The molecule has 2 N–H and O–H groups in total. The Morgan fingerprint density at radius 3 is 2.44 bits per heavy atom. The molecule has 0 aliphatic heterocycles. The summed E-state index contributed by atoms with van der Waals surface area (Å²) in [6.45, 7) is 5.37. The number of hydrogen-bond acceptors (Lipinski definition) is 2. The van der Waals surface area contributed by atoms with Crippen LogP contribution in [0.3, 0.4) is 0 Å². The number of halogens is 1. The van der Waals surface area contributed by atoms with Crippen LogP contribution in [-0.4, -0.2) is 17.0 Å². The molecule has 5 heteroatoms. The van der Waals surface area contributed by atoms with Crippen LogP contribution >= 0.6 is 11.6 Å². The number of hydrogen-bond donors (Lipinski definition) is 2. The van der Waals surface area contributed by atoms with Gasteiger partial charge in [-0.15, -0.1) is 0 Å². The van der Waals surface area contributed by atoms with Crippen LogP contribution in [0.2, 0.25) is 5.02 Å². The summed E-state index contributed by atoms with van der Waals surface area (Å²) < 4.78 is 0. The molecule has 0 radical (unpaired) electrons. The van der Waals surface area contributed by atoms with Gasteiger partial charge in [-0.05, 0) is 37.5 Å². The minimum atomic E-state index is -1.13. The normalized spacial score (nSPS) is 12.0. The van der Waals surface area contributed by atoms with Crippen molar-refractivity contribution in [3.63, 3.8) is 0 Å². The highest BCUT2D eigenvalue weighted by atomic mass is 35.5. The van der Waals surface area contributed by atoms with Crippen LogP contribution in [0.15, 0.2) is 12.1 Å². The lowest BCUT2D eigenvalue weighted by atomic mass is 10.1. The number of carbonyl (C=O) groups is 2. The van der Waals surface area contributed by atoms with Crippen molar-refractivity contribution in [3.8, 4) is 0 Å². The number of benzene rings is 1. The van der Waals surface area contributed by atoms with Gasteiger partial charge in [0.05, 0.1) is 10.7 Å². The first-order valence-electron chi connectivity index (χ1n) is 5.67. The van der Waals surface area contributed by atoms with E-state index >= 15 is 0 Å². The van der Waals surface area contributed by atoms with Gasteiger partial charge in [0, 0.05) is 0 Å². The molecule has 98 valence electrons. The van der Waals surface area contributed by atoms with Gasteiger partial charge >= 0.3 is 5.97 Å². The van der Waals surface area contributed by atoms with Gasteiger partial charge in [0.25, 0.3) is 0 Å². The second kappa shape index (κ2) is 5.87. The molecule has 0 spiro atoms. The summed E-state index contributed by atoms with van der Waals surface area (Å²) in [6, 6.07) is 3.61. The molecule has 1 unspecified atom stereocenters. The van der Waals surface area contributed by atoms with Gasteiger partial charge in [-0.25, -0.2) is 0 Å². The molecular weight excluding hydrogens is 254 g/mol. The maximum Gasteiger partial charge on any atom is 0.316 e. The Morgan fingerprint density at radius 2 is 2.00 bits per heavy atom. The first kappa shape index (κ1) is 14.5. The lowest BCUT2D eigenvalue weighted by Gasteiger charge is -2.14. The first-order chi connectivity index (χ1) is 8.36. The van der Waals surface area contributed by atoms with Crippen molar-refractivity contribution < 1.29 is 14.7 Å². The molecule has 0 aliphatic rings. The standard InChI is InChI=1S/C13H16ClNO3/c1-4-9(13(17)18)12(16)15-11-8(3)5-7(2)6-10(11)14/h5-6,9H,4H2,1-3H3,(H,15,16)(H,17,18). The third kappa shape index (κ3) is 3.23. The van der Waals surface area contributed by atoms with Gasteiger partial charge in [0.15, 0.2) is 0 Å². The van der Waals surface area contributed by atoms with Crippen LogP contribution in [0.1, 0.15) is 24.5 Å². The van der Waals surface area contributed by atoms with Crippen molar-refractivity contribution in [1.82, 2.24) is 0 Å². The zero-order chi connectivity index (χ0) is 13.9. The largest absolute Gasteiger partial charge is 0.481 e. The Hall–Kier alpha value is -1.55. The first-order valence-corrected chi connectivity index (χ1v) is 6.05. The Balaban J connectivity index is 2.98. The van der Waals surface area contributed by atoms with E-state index in [1.807, 2.05) is 19.9 Å². The number of aryl methyl sites for hydroxylation is 2. The minimum Gasteiger partial charge on any atom is -0.481 e. The molecule has 1 aromatic rings. The van der Waals surface area contributed by atoms with Crippen molar-refractivity contribution in [2.24, 2.45) is 5.92 Å². The van der Waals surface area contributed by atoms with Crippen molar-refractivity contribution in [2.75, 3.05) is 5.32 Å². The summed E-state index contributed by atoms with van der Waals surface area (Å²) in [7, 11) is 0. The Bertz CT molecular complexity index is 462. The quantitative estimate of drug-likeness (QED) is 0.826. The molecule has 0 saturated heterocycles. The van der Waals surface area contributed by atoms with E-state index in [1.54, 1.807) is 13.0 Å². The van der Waals surface area contributed by atoms with Gasteiger partial charge < -0.3 is 10.4 Å². The van der Waals surface area contributed by atoms with Crippen molar-refractivity contribution in [2.45, 2.75) is 27.2 Å². The van der Waals surface area contributed by atoms with E-state index < -0.39 is 17.8 Å². The van der Waals surface area contributed by atoms with Crippen molar-refractivity contribution in [1.29, 1.82) is 0 Å². The van der Waals surface area contributed by atoms with Crippen molar-refractivity contribution >= 4 is 29.2 Å². The molecule has 0 fully saturated rings. The van der Waals surface area contributed by atoms with Gasteiger partial charge in [-0.1, -0.05) is 24.6 Å². The van der Waals surface area contributed by atoms with Gasteiger partial charge in [0.1, 0.15) is 5.92 Å². The van der Waals surface area contributed by atoms with Crippen LogP contribution in [0.4, 0.5) is 5.69 Å². The zero-order valence-electron chi connectivity index (χ0n) is 10.6. The predicted octanol–water partition coefficient (Wildman–Crippen LogP) is 3.01. The molecule has 1 atom stereocenters. The van der Waals surface area contributed by atoms with E-state index in [2.05, 4.69) is 5.32 Å². The highest BCUT2D eigenvalue weighted by Gasteiger charge is 2.25. The van der Waals surface area contributed by atoms with Crippen LogP contribution < -0.4 is 5.32 Å². The third-order valence-corrected chi connectivity index (χ3v) is 3.00. The summed E-state index contributed by atoms with van der Waals surface area (Å²) in [5.41, 5.74) is 2.28. The average molecular weight is 270 g/mol. The lowest BCUT2D eigenvalue weighted by molar-refractivity contribution is -0.145. The number of nitrogens with one attached hydrogen (secondary N) is 1. The Morgan fingerprint density at radius 1 is 1.39 bits per heavy atom. The molecule has 0 bridgehead atoms. The summed E-state index contributed by atoms with van der Waals surface area (Å²) in [4.78, 5) is 22.7. The van der Waals surface area contributed by atoms with Gasteiger partial charge in [-0.2, -0.15) is 0 Å². The highest BCUT2D eigenvalue weighted by Crippen LogP contribution is 2.27. The van der Waals surface area contributed by atoms with Crippen LogP contribution in [0, 0.1) is 19.8 Å². The van der Waals surface area contributed by atoms with Gasteiger partial charge in [-0.3, -0.25) is 9.59 Å². The number of carboxylic acids is 1. The molecule has 0 heterocycles. The SMILES string of the molecule is CCC(C(=O)O)C(=O)Nc1c(C)cc(C)cc1Cl. The molecule has 0 saturated carbocycles. The molecule has 18 heavy (non-hydrogen) atoms. The molecule has 1 aromatic carbocycles. The van der Waals surface area contributed by atoms with Crippen LogP contribution in [0.5, 0.6) is 0 Å². The predicted molar refractivity (Wildman–Crippen MR) is 71.0 cm³/mol. The number of rotatable bonds is 4. The Labute approximate surface area is 111 Å². The van der Waals surface area contributed by atoms with E-state index in [4.69, 9.17) is 16.7 Å². The summed E-state index contributed by atoms with van der Waals surface area (Å²) >= 11 is 6.04. The second-order valence-electron chi connectivity index (χ2n) is 4.23. The minimum absolute atomic E-state index is 0.240. The number of carboxylic acid groups (broad SMARTS) is 1. The molecular formula is C13H16ClNO3. The number of aliphatic carboxylic acids is 1. The van der Waals surface area contributed by atoms with E-state index in [0.29, 0.717) is 10.7 Å². The fourth-order valence-corrected chi connectivity index (χ4v) is 2.12. The fraction of sp³-hybridized carbons (Fsp3) is 0.385. The van der Waals surface area contributed by atoms with E-state index in [0.717, 1.165) is 11.1 Å².